The molecule has 2 rings (SSSR count). The van der Waals surface area contributed by atoms with Crippen molar-refractivity contribution in [2.45, 2.75) is 46.1 Å². The highest BCUT2D eigenvalue weighted by atomic mass is 14.9. The number of nitrogens with one attached hydrogen (secondary N) is 1. The minimum atomic E-state index is 0.605. The van der Waals surface area contributed by atoms with Crippen LogP contribution in [0.15, 0.2) is 24.3 Å². The minimum absolute atomic E-state index is 0.605. The number of aryl methyl sites for hydroxylation is 1. The summed E-state index contributed by atoms with van der Waals surface area (Å²) in [6.07, 6.45) is 4.13. The summed E-state index contributed by atoms with van der Waals surface area (Å²) in [6.45, 7) is 7.88. The molecular formula is C16H25N. The summed E-state index contributed by atoms with van der Waals surface area (Å²) in [5.74, 6) is 1.80. The molecule has 0 saturated heterocycles. The molecule has 1 atom stereocenters. The Balaban J connectivity index is 1.95. The van der Waals surface area contributed by atoms with Gasteiger partial charge in [0.25, 0.3) is 0 Å². The monoisotopic (exact) mass is 231 g/mol. The fourth-order valence-electron chi connectivity index (χ4n) is 2.48. The lowest BCUT2D eigenvalue weighted by molar-refractivity contribution is 0.404. The number of hydrogen-bond donors (Lipinski definition) is 1. The normalized spacial score (nSPS) is 17.4. The molecule has 1 aromatic carbocycles. The first-order chi connectivity index (χ1) is 8.16. The van der Waals surface area contributed by atoms with Gasteiger partial charge in [-0.2, -0.15) is 0 Å². The first-order valence-corrected chi connectivity index (χ1v) is 6.94. The van der Waals surface area contributed by atoms with Crippen molar-refractivity contribution in [2.24, 2.45) is 11.8 Å². The second-order valence-electron chi connectivity index (χ2n) is 5.79. The van der Waals surface area contributed by atoms with Gasteiger partial charge < -0.3 is 5.32 Å². The zero-order valence-electron chi connectivity index (χ0n) is 11.4. The predicted octanol–water partition coefficient (Wildman–Crippen LogP) is 3.56. The Kier molecular flexibility index (Phi) is 4.22. The van der Waals surface area contributed by atoms with Gasteiger partial charge in [0.2, 0.25) is 0 Å². The molecule has 0 radical (unpaired) electrons. The second kappa shape index (κ2) is 5.68. The largest absolute Gasteiger partial charge is 0.314 e. The summed E-state index contributed by atoms with van der Waals surface area (Å²) in [5.41, 5.74) is 2.98. The molecule has 0 amide bonds. The molecular weight excluding hydrogens is 206 g/mol. The number of hydrogen-bond acceptors (Lipinski definition) is 1. The topological polar surface area (TPSA) is 12.0 Å². The third-order valence-electron chi connectivity index (χ3n) is 3.82. The van der Waals surface area contributed by atoms with Crippen molar-refractivity contribution in [1.82, 2.24) is 5.32 Å². The fourth-order valence-corrected chi connectivity index (χ4v) is 2.48. The molecule has 1 nitrogen and oxygen atoms in total. The highest BCUT2D eigenvalue weighted by Gasteiger charge is 2.31. The molecule has 1 heteroatoms. The zero-order chi connectivity index (χ0) is 12.3. The molecule has 1 aromatic rings. The van der Waals surface area contributed by atoms with E-state index >= 15 is 0 Å². The maximum Gasteiger partial charge on any atom is 0.00104 e. The van der Waals surface area contributed by atoms with Gasteiger partial charge in [-0.25, -0.2) is 0 Å². The van der Waals surface area contributed by atoms with E-state index in [-0.39, 0.29) is 0 Å². The lowest BCUT2D eigenvalue weighted by atomic mass is 9.92. The quantitative estimate of drug-likeness (QED) is 0.789. The second-order valence-corrected chi connectivity index (χ2v) is 5.79. The average molecular weight is 231 g/mol. The van der Waals surface area contributed by atoms with Crippen LogP contribution in [0, 0.1) is 18.8 Å². The lowest BCUT2D eigenvalue weighted by Crippen LogP contribution is -2.31. The van der Waals surface area contributed by atoms with Crippen LogP contribution in [0.3, 0.4) is 0 Å². The summed E-state index contributed by atoms with van der Waals surface area (Å²) in [4.78, 5) is 0. The van der Waals surface area contributed by atoms with Crippen LogP contribution in [-0.2, 0) is 6.42 Å². The van der Waals surface area contributed by atoms with Crippen LogP contribution in [0.5, 0.6) is 0 Å². The van der Waals surface area contributed by atoms with Crippen LogP contribution in [0.4, 0.5) is 0 Å². The van der Waals surface area contributed by atoms with E-state index in [0.717, 1.165) is 11.8 Å². The van der Waals surface area contributed by atoms with Crippen LogP contribution in [-0.4, -0.2) is 12.6 Å². The molecule has 1 aliphatic rings. The standard InChI is InChI=1S/C16H25N/c1-12(2)17-11-16(14-8-9-14)10-15-7-5-4-6-13(15)3/h4-7,12,14,16-17H,8-11H2,1-3H3. The Morgan fingerprint density at radius 2 is 1.94 bits per heavy atom. The van der Waals surface area contributed by atoms with Gasteiger partial charge in [0.1, 0.15) is 0 Å². The molecule has 0 bridgehead atoms. The molecule has 1 saturated carbocycles. The smallest absolute Gasteiger partial charge is 0.00104 e. The molecule has 1 unspecified atom stereocenters. The van der Waals surface area contributed by atoms with Crippen molar-refractivity contribution in [2.75, 3.05) is 6.54 Å². The summed E-state index contributed by atoms with van der Waals surface area (Å²) in [5, 5.41) is 3.61. The van der Waals surface area contributed by atoms with Gasteiger partial charge >= 0.3 is 0 Å². The predicted molar refractivity (Wildman–Crippen MR) is 74.2 cm³/mol. The Bertz CT molecular complexity index is 352. The van der Waals surface area contributed by atoms with Crippen molar-refractivity contribution < 1.29 is 0 Å². The van der Waals surface area contributed by atoms with Crippen molar-refractivity contribution in [3.63, 3.8) is 0 Å². The molecule has 94 valence electrons. The van der Waals surface area contributed by atoms with E-state index in [1.54, 1.807) is 0 Å². The van der Waals surface area contributed by atoms with Gasteiger partial charge in [0, 0.05) is 6.04 Å². The maximum absolute atomic E-state index is 3.61. The molecule has 17 heavy (non-hydrogen) atoms. The van der Waals surface area contributed by atoms with Gasteiger partial charge in [-0.1, -0.05) is 38.1 Å². The average Bonchev–Trinajstić information content (AvgIpc) is 3.10. The summed E-state index contributed by atoms with van der Waals surface area (Å²) >= 11 is 0. The highest BCUT2D eigenvalue weighted by molar-refractivity contribution is 5.26. The Hall–Kier alpha value is -0.820. The van der Waals surface area contributed by atoms with Crippen molar-refractivity contribution >= 4 is 0 Å². The third kappa shape index (κ3) is 3.85. The summed E-state index contributed by atoms with van der Waals surface area (Å²) in [6, 6.07) is 9.43. The van der Waals surface area contributed by atoms with E-state index in [0.29, 0.717) is 6.04 Å². The van der Waals surface area contributed by atoms with E-state index in [4.69, 9.17) is 0 Å². The third-order valence-corrected chi connectivity index (χ3v) is 3.82. The Morgan fingerprint density at radius 3 is 2.53 bits per heavy atom. The molecule has 1 aliphatic carbocycles. The molecule has 1 N–H and O–H groups in total. The van der Waals surface area contributed by atoms with Gasteiger partial charge in [-0.3, -0.25) is 0 Å². The molecule has 0 heterocycles. The maximum atomic E-state index is 3.61. The fraction of sp³-hybridized carbons (Fsp3) is 0.625. The van der Waals surface area contributed by atoms with E-state index < -0.39 is 0 Å². The Morgan fingerprint density at radius 1 is 1.24 bits per heavy atom. The van der Waals surface area contributed by atoms with E-state index in [9.17, 15) is 0 Å². The van der Waals surface area contributed by atoms with E-state index in [1.807, 2.05) is 0 Å². The lowest BCUT2D eigenvalue weighted by Gasteiger charge is -2.20. The SMILES string of the molecule is Cc1ccccc1CC(CNC(C)C)C1CC1. The first-order valence-electron chi connectivity index (χ1n) is 6.94. The first kappa shape index (κ1) is 12.6. The van der Waals surface area contributed by atoms with E-state index in [2.05, 4.69) is 50.4 Å². The van der Waals surface area contributed by atoms with Gasteiger partial charge in [-0.15, -0.1) is 0 Å². The van der Waals surface area contributed by atoms with E-state index in [1.165, 1.54) is 36.9 Å². The molecule has 0 spiro atoms. The van der Waals surface area contributed by atoms with Gasteiger partial charge in [0.15, 0.2) is 0 Å². The van der Waals surface area contributed by atoms with Crippen LogP contribution in [0.1, 0.15) is 37.8 Å². The summed E-state index contributed by atoms with van der Waals surface area (Å²) in [7, 11) is 0. The minimum Gasteiger partial charge on any atom is -0.314 e. The summed E-state index contributed by atoms with van der Waals surface area (Å²) < 4.78 is 0. The van der Waals surface area contributed by atoms with Gasteiger partial charge in [-0.05, 0) is 55.7 Å². The Labute approximate surface area is 106 Å². The van der Waals surface area contributed by atoms with Crippen LogP contribution < -0.4 is 5.32 Å². The van der Waals surface area contributed by atoms with Gasteiger partial charge in [0.05, 0.1) is 0 Å². The van der Waals surface area contributed by atoms with Crippen molar-refractivity contribution in [3.05, 3.63) is 35.4 Å². The van der Waals surface area contributed by atoms with Crippen molar-refractivity contribution in [1.29, 1.82) is 0 Å². The van der Waals surface area contributed by atoms with Crippen molar-refractivity contribution in [3.8, 4) is 0 Å². The van der Waals surface area contributed by atoms with Crippen LogP contribution in [0.2, 0.25) is 0 Å². The highest BCUT2D eigenvalue weighted by Crippen LogP contribution is 2.38. The van der Waals surface area contributed by atoms with Crippen LogP contribution >= 0.6 is 0 Å². The molecule has 1 fully saturated rings. The van der Waals surface area contributed by atoms with Crippen LogP contribution in [0.25, 0.3) is 0 Å². The zero-order valence-corrected chi connectivity index (χ0v) is 11.4. The number of rotatable bonds is 6. The number of benzene rings is 1. The molecule has 0 aromatic heterocycles. The molecule has 0 aliphatic heterocycles.